The predicted octanol–water partition coefficient (Wildman–Crippen LogP) is 5.28. The molecule has 0 aliphatic carbocycles. The molecular formula is C24H30ClN3O. The molecule has 3 aromatic rings. The van der Waals surface area contributed by atoms with E-state index in [1.807, 2.05) is 31.3 Å². The van der Waals surface area contributed by atoms with Crippen LogP contribution in [0.25, 0.3) is 22.2 Å². The van der Waals surface area contributed by atoms with Crippen LogP contribution in [-0.2, 0) is 0 Å². The molecular weight excluding hydrogens is 382 g/mol. The van der Waals surface area contributed by atoms with Crippen LogP contribution in [0.2, 0.25) is 5.02 Å². The summed E-state index contributed by atoms with van der Waals surface area (Å²) < 4.78 is 5.53. The first-order valence-electron chi connectivity index (χ1n) is 10.4. The van der Waals surface area contributed by atoms with E-state index in [1.54, 1.807) is 7.11 Å². The van der Waals surface area contributed by atoms with Gasteiger partial charge in [0.15, 0.2) is 0 Å². The van der Waals surface area contributed by atoms with Crippen LogP contribution in [0.5, 0.6) is 5.75 Å². The van der Waals surface area contributed by atoms with Crippen LogP contribution in [0.4, 0.5) is 0 Å². The summed E-state index contributed by atoms with van der Waals surface area (Å²) in [4.78, 5) is 6.06. The van der Waals surface area contributed by atoms with Gasteiger partial charge in [0.05, 0.1) is 17.8 Å². The van der Waals surface area contributed by atoms with E-state index < -0.39 is 0 Å². The Morgan fingerprint density at radius 3 is 2.69 bits per heavy atom. The van der Waals surface area contributed by atoms with E-state index in [-0.39, 0.29) is 0 Å². The van der Waals surface area contributed by atoms with Crippen LogP contribution >= 0.6 is 11.6 Å². The van der Waals surface area contributed by atoms with Gasteiger partial charge in [-0.05, 0) is 75.6 Å². The van der Waals surface area contributed by atoms with E-state index in [9.17, 15) is 0 Å². The monoisotopic (exact) mass is 411 g/mol. The van der Waals surface area contributed by atoms with Crippen LogP contribution in [0.1, 0.15) is 31.2 Å². The second-order valence-corrected chi connectivity index (χ2v) is 8.46. The molecule has 4 nitrogen and oxygen atoms in total. The fourth-order valence-corrected chi connectivity index (χ4v) is 4.70. The van der Waals surface area contributed by atoms with Gasteiger partial charge in [-0.2, -0.15) is 0 Å². The summed E-state index contributed by atoms with van der Waals surface area (Å²) in [6, 6.07) is 15.2. The number of fused-ring (bicyclic) bond motifs is 1. The van der Waals surface area contributed by atoms with E-state index in [4.69, 9.17) is 16.3 Å². The lowest BCUT2D eigenvalue weighted by Crippen LogP contribution is -2.41. The van der Waals surface area contributed by atoms with Gasteiger partial charge in [-0.15, -0.1) is 0 Å². The Balaban J connectivity index is 1.57. The van der Waals surface area contributed by atoms with Gasteiger partial charge in [-0.3, -0.25) is 0 Å². The minimum absolute atomic E-state index is 0.537. The molecule has 1 atom stereocenters. The number of likely N-dealkylation sites (tertiary alicyclic amines) is 1. The maximum Gasteiger partial charge on any atom is 0.128 e. The molecule has 1 aliphatic rings. The molecule has 29 heavy (non-hydrogen) atoms. The highest BCUT2D eigenvalue weighted by molar-refractivity contribution is 6.38. The van der Waals surface area contributed by atoms with Crippen molar-refractivity contribution in [3.8, 4) is 17.0 Å². The zero-order valence-electron chi connectivity index (χ0n) is 17.5. The summed E-state index contributed by atoms with van der Waals surface area (Å²) >= 11 is 6.83. The van der Waals surface area contributed by atoms with Crippen LogP contribution in [0.15, 0.2) is 42.5 Å². The summed E-state index contributed by atoms with van der Waals surface area (Å²) in [7, 11) is 3.73. The van der Waals surface area contributed by atoms with Crippen molar-refractivity contribution in [3.63, 3.8) is 0 Å². The Labute approximate surface area is 178 Å². The van der Waals surface area contributed by atoms with Crippen LogP contribution < -0.4 is 10.1 Å². The zero-order valence-corrected chi connectivity index (χ0v) is 18.2. The number of hydrogen-bond donors (Lipinski definition) is 2. The molecule has 1 unspecified atom stereocenters. The van der Waals surface area contributed by atoms with Crippen molar-refractivity contribution in [2.45, 2.75) is 31.7 Å². The molecule has 5 heteroatoms. The first kappa shape index (κ1) is 20.3. The lowest BCUT2D eigenvalue weighted by molar-refractivity contribution is 0.197. The van der Waals surface area contributed by atoms with Gasteiger partial charge in [0.25, 0.3) is 0 Å². The van der Waals surface area contributed by atoms with Crippen molar-refractivity contribution in [1.29, 1.82) is 0 Å². The SMILES string of the molecule is CNC(C)CN1CCC(c2ccc3[nH]c(-c4ccccc4OC)c(Cl)c3c2)CC1. The Kier molecular flexibility index (Phi) is 6.14. The highest BCUT2D eigenvalue weighted by atomic mass is 35.5. The highest BCUT2D eigenvalue weighted by Gasteiger charge is 2.23. The van der Waals surface area contributed by atoms with Gasteiger partial charge in [0.1, 0.15) is 5.75 Å². The van der Waals surface area contributed by atoms with Gasteiger partial charge < -0.3 is 19.9 Å². The summed E-state index contributed by atoms with van der Waals surface area (Å²) in [5.74, 6) is 1.42. The van der Waals surface area contributed by atoms with Crippen molar-refractivity contribution in [3.05, 3.63) is 53.1 Å². The molecule has 154 valence electrons. The van der Waals surface area contributed by atoms with Gasteiger partial charge >= 0.3 is 0 Å². The second-order valence-electron chi connectivity index (χ2n) is 8.08. The van der Waals surface area contributed by atoms with Crippen LogP contribution in [-0.4, -0.2) is 49.7 Å². The molecule has 0 radical (unpaired) electrons. The number of nitrogens with zero attached hydrogens (tertiary/aromatic N) is 1. The molecule has 1 aliphatic heterocycles. The van der Waals surface area contributed by atoms with Crippen LogP contribution in [0.3, 0.4) is 0 Å². The first-order valence-corrected chi connectivity index (χ1v) is 10.8. The molecule has 2 heterocycles. The Hall–Kier alpha value is -2.01. The standard InChI is InChI=1S/C24H30ClN3O/c1-16(26-2)15-28-12-10-17(11-13-28)18-8-9-21-20(14-18)23(25)24(27-21)19-6-4-5-7-22(19)29-3/h4-9,14,16-17,26-27H,10-13,15H2,1-3H3. The topological polar surface area (TPSA) is 40.3 Å². The maximum absolute atomic E-state index is 6.83. The van der Waals surface area contributed by atoms with Crippen molar-refractivity contribution in [2.24, 2.45) is 0 Å². The first-order chi connectivity index (χ1) is 14.1. The van der Waals surface area contributed by atoms with Crippen molar-refractivity contribution >= 4 is 22.5 Å². The van der Waals surface area contributed by atoms with Gasteiger partial charge in [0, 0.05) is 29.1 Å². The van der Waals surface area contributed by atoms with Crippen molar-refractivity contribution in [1.82, 2.24) is 15.2 Å². The second kappa shape index (κ2) is 8.78. The third-order valence-electron chi connectivity index (χ3n) is 6.22. The van der Waals surface area contributed by atoms with Gasteiger partial charge in [-0.1, -0.05) is 29.8 Å². The Morgan fingerprint density at radius 2 is 1.97 bits per heavy atom. The van der Waals surface area contributed by atoms with Crippen LogP contribution in [0, 0.1) is 0 Å². The number of likely N-dealkylation sites (N-methyl/N-ethyl adjacent to an activating group) is 1. The maximum atomic E-state index is 6.83. The summed E-state index contributed by atoms with van der Waals surface area (Å²) in [5.41, 5.74) is 4.38. The molecule has 0 saturated carbocycles. The molecule has 2 aromatic carbocycles. The van der Waals surface area contributed by atoms with Gasteiger partial charge in [-0.25, -0.2) is 0 Å². The Bertz CT molecular complexity index is 975. The smallest absolute Gasteiger partial charge is 0.128 e. The molecule has 0 amide bonds. The highest BCUT2D eigenvalue weighted by Crippen LogP contribution is 2.40. The van der Waals surface area contributed by atoms with E-state index in [0.29, 0.717) is 12.0 Å². The number of nitrogens with one attached hydrogen (secondary N) is 2. The number of benzene rings is 2. The average molecular weight is 412 g/mol. The largest absolute Gasteiger partial charge is 0.496 e. The molecule has 0 bridgehead atoms. The van der Waals surface area contributed by atoms with Crippen molar-refractivity contribution in [2.75, 3.05) is 33.8 Å². The van der Waals surface area contributed by atoms with E-state index in [2.05, 4.69) is 40.3 Å². The normalized spacial score (nSPS) is 17.0. The molecule has 4 rings (SSSR count). The fraction of sp³-hybridized carbons (Fsp3) is 0.417. The molecule has 1 aromatic heterocycles. The third kappa shape index (κ3) is 4.16. The number of methoxy groups -OCH3 is 1. The number of aromatic nitrogens is 1. The zero-order chi connectivity index (χ0) is 20.4. The molecule has 2 N–H and O–H groups in total. The average Bonchev–Trinajstić information content (AvgIpc) is 3.10. The number of piperidine rings is 1. The number of H-pyrrole nitrogens is 1. The number of aromatic amines is 1. The number of halogens is 1. The van der Waals surface area contributed by atoms with Gasteiger partial charge in [0.2, 0.25) is 0 Å². The van der Waals surface area contributed by atoms with E-state index in [1.165, 1.54) is 18.4 Å². The quantitative estimate of drug-likeness (QED) is 0.579. The van der Waals surface area contributed by atoms with E-state index in [0.717, 1.165) is 52.6 Å². The van der Waals surface area contributed by atoms with E-state index >= 15 is 0 Å². The Morgan fingerprint density at radius 1 is 1.21 bits per heavy atom. The molecule has 0 spiro atoms. The molecule has 1 fully saturated rings. The lowest BCUT2D eigenvalue weighted by atomic mass is 9.88. The minimum atomic E-state index is 0.537. The third-order valence-corrected chi connectivity index (χ3v) is 6.61. The number of ether oxygens (including phenoxy) is 1. The molecule has 1 saturated heterocycles. The fourth-order valence-electron chi connectivity index (χ4n) is 4.39. The number of para-hydroxylation sites is 1. The lowest BCUT2D eigenvalue weighted by Gasteiger charge is -2.33. The minimum Gasteiger partial charge on any atom is -0.496 e. The summed E-state index contributed by atoms with van der Waals surface area (Å²) in [6.07, 6.45) is 2.40. The number of rotatable bonds is 6. The van der Waals surface area contributed by atoms with Crippen molar-refractivity contribution < 1.29 is 4.74 Å². The summed E-state index contributed by atoms with van der Waals surface area (Å²) in [6.45, 7) is 5.67. The predicted molar refractivity (Wildman–Crippen MR) is 122 cm³/mol. The number of hydrogen-bond acceptors (Lipinski definition) is 3. The summed E-state index contributed by atoms with van der Waals surface area (Å²) in [5, 5.41) is 5.20.